The van der Waals surface area contributed by atoms with Gasteiger partial charge in [0.05, 0.1) is 11.4 Å². The van der Waals surface area contributed by atoms with Gasteiger partial charge in [-0.25, -0.2) is 0 Å². The standard InChI is InChI=1S/2C10H20N2O2/c2*1-2-14-9-3-6-12-7-4-10(11-13)5-8-12/h2*13H,2-9H2,1H3. The molecule has 164 valence electrons. The van der Waals surface area contributed by atoms with Crippen molar-refractivity contribution in [1.82, 2.24) is 9.80 Å². The molecule has 2 fully saturated rings. The fraction of sp³-hybridized carbons (Fsp3) is 0.900. The zero-order valence-corrected chi connectivity index (χ0v) is 17.8. The minimum atomic E-state index is 0.807. The van der Waals surface area contributed by atoms with E-state index in [-0.39, 0.29) is 0 Å². The maximum absolute atomic E-state index is 8.57. The monoisotopic (exact) mass is 400 g/mol. The Labute approximate surface area is 170 Å². The molecule has 8 nitrogen and oxygen atoms in total. The molecule has 2 rings (SSSR count). The van der Waals surface area contributed by atoms with Crippen molar-refractivity contribution in [2.45, 2.75) is 52.4 Å². The Morgan fingerprint density at radius 1 is 0.714 bits per heavy atom. The van der Waals surface area contributed by atoms with Crippen LogP contribution in [0.1, 0.15) is 52.4 Å². The summed E-state index contributed by atoms with van der Waals surface area (Å²) in [4.78, 5) is 4.79. The Kier molecular flexibility index (Phi) is 14.8. The Morgan fingerprint density at radius 2 is 1.07 bits per heavy atom. The Hall–Kier alpha value is -1.22. The van der Waals surface area contributed by atoms with E-state index in [9.17, 15) is 0 Å². The normalized spacial score (nSPS) is 18.5. The molecule has 2 heterocycles. The van der Waals surface area contributed by atoms with Crippen molar-refractivity contribution in [2.24, 2.45) is 10.3 Å². The van der Waals surface area contributed by atoms with Gasteiger partial charge in [0.25, 0.3) is 0 Å². The topological polar surface area (TPSA) is 90.1 Å². The summed E-state index contributed by atoms with van der Waals surface area (Å²) in [5.74, 6) is 0. The molecule has 0 amide bonds. The largest absolute Gasteiger partial charge is 0.411 e. The number of oxime groups is 2. The van der Waals surface area contributed by atoms with Gasteiger partial charge >= 0.3 is 0 Å². The summed E-state index contributed by atoms with van der Waals surface area (Å²) in [7, 11) is 0. The van der Waals surface area contributed by atoms with E-state index in [0.29, 0.717) is 0 Å². The van der Waals surface area contributed by atoms with E-state index in [4.69, 9.17) is 19.9 Å². The quantitative estimate of drug-likeness (QED) is 0.333. The average Bonchev–Trinajstić information content (AvgIpc) is 2.76. The Bertz CT molecular complexity index is 386. The number of piperidine rings is 2. The number of hydrogen-bond acceptors (Lipinski definition) is 8. The predicted molar refractivity (Wildman–Crippen MR) is 112 cm³/mol. The lowest BCUT2D eigenvalue weighted by atomic mass is 10.1. The fourth-order valence-electron chi connectivity index (χ4n) is 3.34. The highest BCUT2D eigenvalue weighted by Crippen LogP contribution is 2.08. The molecular weight excluding hydrogens is 360 g/mol. The Balaban J connectivity index is 0.000000280. The van der Waals surface area contributed by atoms with Crippen LogP contribution in [0.4, 0.5) is 0 Å². The van der Waals surface area contributed by atoms with E-state index in [1.54, 1.807) is 0 Å². The van der Waals surface area contributed by atoms with E-state index in [1.165, 1.54) is 0 Å². The van der Waals surface area contributed by atoms with Crippen LogP contribution in [0.15, 0.2) is 10.3 Å². The number of hydrogen-bond donors (Lipinski definition) is 2. The molecule has 0 saturated carbocycles. The minimum Gasteiger partial charge on any atom is -0.411 e. The van der Waals surface area contributed by atoms with Gasteiger partial charge in [0.1, 0.15) is 0 Å². The van der Waals surface area contributed by atoms with Gasteiger partial charge in [0.2, 0.25) is 0 Å². The molecule has 2 aliphatic rings. The average molecular weight is 401 g/mol. The molecule has 0 atom stereocenters. The maximum Gasteiger partial charge on any atom is 0.0596 e. The van der Waals surface area contributed by atoms with Gasteiger partial charge in [-0.1, -0.05) is 10.3 Å². The molecule has 0 bridgehead atoms. The summed E-state index contributed by atoms with van der Waals surface area (Å²) in [6.07, 6.45) is 5.82. The van der Waals surface area contributed by atoms with Gasteiger partial charge in [-0.05, 0) is 26.7 Å². The van der Waals surface area contributed by atoms with Crippen molar-refractivity contribution in [3.8, 4) is 0 Å². The van der Waals surface area contributed by atoms with Crippen molar-refractivity contribution < 1.29 is 19.9 Å². The van der Waals surface area contributed by atoms with Crippen LogP contribution < -0.4 is 0 Å². The van der Waals surface area contributed by atoms with Gasteiger partial charge < -0.3 is 29.7 Å². The third-order valence-electron chi connectivity index (χ3n) is 5.08. The zero-order chi connectivity index (χ0) is 20.5. The molecule has 0 aromatic carbocycles. The van der Waals surface area contributed by atoms with Crippen LogP contribution in [0.3, 0.4) is 0 Å². The van der Waals surface area contributed by atoms with Crippen molar-refractivity contribution in [2.75, 3.05) is 65.7 Å². The summed E-state index contributed by atoms with van der Waals surface area (Å²) in [6.45, 7) is 13.6. The summed E-state index contributed by atoms with van der Waals surface area (Å²) in [5, 5.41) is 23.7. The number of likely N-dealkylation sites (tertiary alicyclic amines) is 2. The lowest BCUT2D eigenvalue weighted by Gasteiger charge is -2.26. The highest BCUT2D eigenvalue weighted by Gasteiger charge is 2.15. The zero-order valence-electron chi connectivity index (χ0n) is 17.8. The third kappa shape index (κ3) is 11.6. The van der Waals surface area contributed by atoms with E-state index >= 15 is 0 Å². The molecule has 0 radical (unpaired) electrons. The summed E-state index contributed by atoms with van der Waals surface area (Å²) in [5.41, 5.74) is 1.87. The fourth-order valence-corrected chi connectivity index (χ4v) is 3.34. The molecule has 0 aliphatic carbocycles. The van der Waals surface area contributed by atoms with Crippen molar-refractivity contribution in [3.05, 3.63) is 0 Å². The van der Waals surface area contributed by atoms with Gasteiger partial charge in [0.15, 0.2) is 0 Å². The van der Waals surface area contributed by atoms with Crippen LogP contribution in [0, 0.1) is 0 Å². The maximum atomic E-state index is 8.57. The molecule has 0 aromatic heterocycles. The number of rotatable bonds is 10. The minimum absolute atomic E-state index is 0.807. The SMILES string of the molecule is CCOCCCN1CCC(=NO)CC1.CCOCCCN1CCC(=NO)CC1. The van der Waals surface area contributed by atoms with E-state index in [2.05, 4.69) is 20.1 Å². The smallest absolute Gasteiger partial charge is 0.0596 e. The first kappa shape index (κ1) is 24.8. The highest BCUT2D eigenvalue weighted by molar-refractivity contribution is 5.85. The van der Waals surface area contributed by atoms with Crippen molar-refractivity contribution >= 4 is 11.4 Å². The number of nitrogens with zero attached hydrogens (tertiary/aromatic N) is 4. The second kappa shape index (κ2) is 16.7. The van der Waals surface area contributed by atoms with Gasteiger partial charge in [-0.15, -0.1) is 0 Å². The van der Waals surface area contributed by atoms with Crippen molar-refractivity contribution in [3.63, 3.8) is 0 Å². The number of ether oxygens (including phenoxy) is 2. The van der Waals surface area contributed by atoms with Crippen LogP contribution >= 0.6 is 0 Å². The van der Waals surface area contributed by atoms with Gasteiger partial charge in [-0.3, -0.25) is 0 Å². The second-order valence-electron chi connectivity index (χ2n) is 7.12. The lowest BCUT2D eigenvalue weighted by molar-refractivity contribution is 0.131. The first-order chi connectivity index (χ1) is 13.7. The summed E-state index contributed by atoms with van der Waals surface area (Å²) in [6, 6.07) is 0. The molecule has 2 N–H and O–H groups in total. The van der Waals surface area contributed by atoms with Crippen LogP contribution in [0.5, 0.6) is 0 Å². The highest BCUT2D eigenvalue weighted by atomic mass is 16.5. The molecule has 2 saturated heterocycles. The van der Waals surface area contributed by atoms with Crippen molar-refractivity contribution in [1.29, 1.82) is 0 Å². The summed E-state index contributed by atoms with van der Waals surface area (Å²) >= 11 is 0. The van der Waals surface area contributed by atoms with Gasteiger partial charge in [-0.2, -0.15) is 0 Å². The summed E-state index contributed by atoms with van der Waals surface area (Å²) < 4.78 is 10.6. The molecule has 0 aromatic rings. The first-order valence-electron chi connectivity index (χ1n) is 10.7. The van der Waals surface area contributed by atoms with Crippen LogP contribution in [-0.4, -0.2) is 97.3 Å². The van der Waals surface area contributed by atoms with Crippen LogP contribution in [-0.2, 0) is 9.47 Å². The first-order valence-corrected chi connectivity index (χ1v) is 10.7. The van der Waals surface area contributed by atoms with Crippen LogP contribution in [0.2, 0.25) is 0 Å². The predicted octanol–water partition coefficient (Wildman–Crippen LogP) is 2.68. The molecule has 2 aliphatic heterocycles. The van der Waals surface area contributed by atoms with E-state index in [0.717, 1.165) is 116 Å². The molecule has 0 unspecified atom stereocenters. The lowest BCUT2D eigenvalue weighted by Crippen LogP contribution is -2.35. The van der Waals surface area contributed by atoms with E-state index in [1.807, 2.05) is 13.8 Å². The third-order valence-corrected chi connectivity index (χ3v) is 5.08. The van der Waals surface area contributed by atoms with Crippen LogP contribution in [0.25, 0.3) is 0 Å². The second-order valence-corrected chi connectivity index (χ2v) is 7.12. The molecule has 28 heavy (non-hydrogen) atoms. The van der Waals surface area contributed by atoms with Gasteiger partial charge in [0, 0.05) is 91.4 Å². The molecule has 8 heteroatoms. The molecule has 0 spiro atoms. The molecular formula is C20H40N4O4. The Morgan fingerprint density at radius 3 is 1.36 bits per heavy atom. The van der Waals surface area contributed by atoms with E-state index < -0.39 is 0 Å².